The molecule has 3 nitrogen and oxygen atoms in total. The molecule has 1 aromatic carbocycles. The molecular weight excluding hydrogens is 238 g/mol. The van der Waals surface area contributed by atoms with Crippen molar-refractivity contribution in [3.05, 3.63) is 41.7 Å². The summed E-state index contributed by atoms with van der Waals surface area (Å²) in [5.41, 5.74) is 1.82. The van der Waals surface area contributed by atoms with Gasteiger partial charge in [-0.15, -0.1) is 0 Å². The number of nitrogens with zero attached hydrogens (tertiary/aromatic N) is 1. The second kappa shape index (κ2) is 5.06. The maximum absolute atomic E-state index is 6.04. The lowest BCUT2D eigenvalue weighted by atomic mass is 10.1. The first kappa shape index (κ1) is 11.7. The molecule has 0 spiro atoms. The average molecular weight is 250 g/mol. The zero-order valence-corrected chi connectivity index (χ0v) is 10.4. The number of benzene rings is 1. The molecule has 0 atom stereocenters. The molecule has 0 fully saturated rings. The van der Waals surface area contributed by atoms with Crippen LogP contribution >= 0.6 is 11.6 Å². The molecule has 0 N–H and O–H groups in total. The molecule has 0 bridgehead atoms. The van der Waals surface area contributed by atoms with Gasteiger partial charge in [0, 0.05) is 11.8 Å². The van der Waals surface area contributed by atoms with Gasteiger partial charge >= 0.3 is 0 Å². The molecular formula is C13H12ClNO2. The maximum Gasteiger partial charge on any atom is 0.161 e. The van der Waals surface area contributed by atoms with Gasteiger partial charge in [-0.1, -0.05) is 17.7 Å². The fraction of sp³-hybridized carbons (Fsp3) is 0.154. The van der Waals surface area contributed by atoms with Gasteiger partial charge in [-0.2, -0.15) is 0 Å². The predicted molar refractivity (Wildman–Crippen MR) is 67.8 cm³/mol. The average Bonchev–Trinajstić information content (AvgIpc) is 2.38. The summed E-state index contributed by atoms with van der Waals surface area (Å²) < 4.78 is 10.4. The zero-order chi connectivity index (χ0) is 12.3. The molecule has 4 heteroatoms. The first-order valence-electron chi connectivity index (χ1n) is 5.09. The fourth-order valence-electron chi connectivity index (χ4n) is 1.61. The largest absolute Gasteiger partial charge is 0.493 e. The SMILES string of the molecule is COc1ccc(-c2cccnc2Cl)cc1OC. The summed E-state index contributed by atoms with van der Waals surface area (Å²) in [6.45, 7) is 0. The Labute approximate surface area is 105 Å². The van der Waals surface area contributed by atoms with Gasteiger partial charge in [0.25, 0.3) is 0 Å². The Balaban J connectivity index is 2.50. The predicted octanol–water partition coefficient (Wildman–Crippen LogP) is 3.42. The van der Waals surface area contributed by atoms with Crippen LogP contribution < -0.4 is 9.47 Å². The highest BCUT2D eigenvalue weighted by Crippen LogP contribution is 2.34. The lowest BCUT2D eigenvalue weighted by Crippen LogP contribution is -1.91. The van der Waals surface area contributed by atoms with Crippen LogP contribution in [0.4, 0.5) is 0 Å². The number of pyridine rings is 1. The second-order valence-electron chi connectivity index (χ2n) is 3.41. The lowest BCUT2D eigenvalue weighted by Gasteiger charge is -2.10. The topological polar surface area (TPSA) is 31.4 Å². The van der Waals surface area contributed by atoms with Gasteiger partial charge in [-0.05, 0) is 29.8 Å². The smallest absolute Gasteiger partial charge is 0.161 e. The molecule has 1 heterocycles. The Kier molecular flexibility index (Phi) is 3.49. The first-order valence-corrected chi connectivity index (χ1v) is 5.47. The van der Waals surface area contributed by atoms with E-state index in [2.05, 4.69) is 4.98 Å². The van der Waals surface area contributed by atoms with Gasteiger partial charge < -0.3 is 9.47 Å². The van der Waals surface area contributed by atoms with Crippen LogP contribution in [0.5, 0.6) is 11.5 Å². The Bertz CT molecular complexity index is 529. The molecule has 2 aromatic rings. The normalized spacial score (nSPS) is 10.1. The molecule has 1 aromatic heterocycles. The Morgan fingerprint density at radius 1 is 1.06 bits per heavy atom. The summed E-state index contributed by atoms with van der Waals surface area (Å²) >= 11 is 6.04. The lowest BCUT2D eigenvalue weighted by molar-refractivity contribution is 0.355. The molecule has 0 saturated heterocycles. The van der Waals surface area contributed by atoms with Crippen molar-refractivity contribution in [3.63, 3.8) is 0 Å². The molecule has 0 saturated carbocycles. The minimum absolute atomic E-state index is 0.472. The van der Waals surface area contributed by atoms with Crippen LogP contribution in [0.15, 0.2) is 36.5 Å². The van der Waals surface area contributed by atoms with Gasteiger partial charge in [0.2, 0.25) is 0 Å². The third kappa shape index (κ3) is 2.34. The summed E-state index contributed by atoms with van der Waals surface area (Å²) in [4.78, 5) is 4.05. The highest BCUT2D eigenvalue weighted by Gasteiger charge is 2.08. The molecule has 0 unspecified atom stereocenters. The van der Waals surface area contributed by atoms with E-state index in [0.717, 1.165) is 11.1 Å². The summed E-state index contributed by atoms with van der Waals surface area (Å²) in [6, 6.07) is 9.40. The van der Waals surface area contributed by atoms with E-state index in [1.165, 1.54) is 0 Å². The minimum atomic E-state index is 0.472. The Morgan fingerprint density at radius 2 is 1.82 bits per heavy atom. The van der Waals surface area contributed by atoms with E-state index in [9.17, 15) is 0 Å². The summed E-state index contributed by atoms with van der Waals surface area (Å²) in [6.07, 6.45) is 1.66. The fourth-order valence-corrected chi connectivity index (χ4v) is 1.83. The van der Waals surface area contributed by atoms with Gasteiger partial charge in [-0.3, -0.25) is 0 Å². The van der Waals surface area contributed by atoms with E-state index in [4.69, 9.17) is 21.1 Å². The van der Waals surface area contributed by atoms with Crippen LogP contribution in [0.1, 0.15) is 0 Å². The molecule has 2 rings (SSSR count). The summed E-state index contributed by atoms with van der Waals surface area (Å²) in [5, 5.41) is 0.472. The van der Waals surface area contributed by atoms with Crippen molar-refractivity contribution in [2.75, 3.05) is 14.2 Å². The summed E-state index contributed by atoms with van der Waals surface area (Å²) in [7, 11) is 3.21. The van der Waals surface area contributed by atoms with Crippen molar-refractivity contribution in [2.24, 2.45) is 0 Å². The minimum Gasteiger partial charge on any atom is -0.493 e. The van der Waals surface area contributed by atoms with Crippen LogP contribution in [0.3, 0.4) is 0 Å². The molecule has 88 valence electrons. The van der Waals surface area contributed by atoms with Crippen LogP contribution in [0.25, 0.3) is 11.1 Å². The Morgan fingerprint density at radius 3 is 2.47 bits per heavy atom. The molecule has 0 aliphatic carbocycles. The van der Waals surface area contributed by atoms with Crippen LogP contribution in [-0.4, -0.2) is 19.2 Å². The quantitative estimate of drug-likeness (QED) is 0.781. The van der Waals surface area contributed by atoms with Crippen LogP contribution in [0.2, 0.25) is 5.15 Å². The van der Waals surface area contributed by atoms with Crippen molar-refractivity contribution >= 4 is 11.6 Å². The molecule has 0 aliphatic rings. The van der Waals surface area contributed by atoms with Gasteiger partial charge in [0.1, 0.15) is 5.15 Å². The van der Waals surface area contributed by atoms with Crippen LogP contribution in [-0.2, 0) is 0 Å². The standard InChI is InChI=1S/C13H12ClNO2/c1-16-11-6-5-9(8-12(11)17-2)10-4-3-7-15-13(10)14/h3-8H,1-2H3. The number of halogens is 1. The number of aromatic nitrogens is 1. The van der Waals surface area contributed by atoms with E-state index < -0.39 is 0 Å². The third-order valence-corrected chi connectivity index (χ3v) is 2.75. The molecule has 0 amide bonds. The van der Waals surface area contributed by atoms with E-state index >= 15 is 0 Å². The summed E-state index contributed by atoms with van der Waals surface area (Å²) in [5.74, 6) is 1.36. The highest BCUT2D eigenvalue weighted by atomic mass is 35.5. The maximum atomic E-state index is 6.04. The van der Waals surface area contributed by atoms with E-state index in [1.807, 2.05) is 30.3 Å². The number of methoxy groups -OCH3 is 2. The number of ether oxygens (including phenoxy) is 2. The first-order chi connectivity index (χ1) is 8.26. The second-order valence-corrected chi connectivity index (χ2v) is 3.77. The van der Waals surface area contributed by atoms with E-state index in [0.29, 0.717) is 16.7 Å². The number of hydrogen-bond acceptors (Lipinski definition) is 3. The molecule has 0 aliphatic heterocycles. The van der Waals surface area contributed by atoms with Crippen LogP contribution in [0, 0.1) is 0 Å². The number of rotatable bonds is 3. The van der Waals surface area contributed by atoms with Crippen molar-refractivity contribution in [1.29, 1.82) is 0 Å². The van der Waals surface area contributed by atoms with E-state index in [1.54, 1.807) is 20.4 Å². The van der Waals surface area contributed by atoms with Gasteiger partial charge in [0.15, 0.2) is 11.5 Å². The molecule has 0 radical (unpaired) electrons. The van der Waals surface area contributed by atoms with Crippen molar-refractivity contribution in [1.82, 2.24) is 4.98 Å². The molecule has 17 heavy (non-hydrogen) atoms. The highest BCUT2D eigenvalue weighted by molar-refractivity contribution is 6.32. The Hall–Kier alpha value is -1.74. The van der Waals surface area contributed by atoms with Gasteiger partial charge in [-0.25, -0.2) is 4.98 Å². The zero-order valence-electron chi connectivity index (χ0n) is 9.61. The number of hydrogen-bond donors (Lipinski definition) is 0. The van der Waals surface area contributed by atoms with Crippen molar-refractivity contribution < 1.29 is 9.47 Å². The van der Waals surface area contributed by atoms with E-state index in [-0.39, 0.29) is 0 Å². The third-order valence-electron chi connectivity index (χ3n) is 2.45. The van der Waals surface area contributed by atoms with Crippen molar-refractivity contribution in [2.45, 2.75) is 0 Å². The monoisotopic (exact) mass is 249 g/mol. The van der Waals surface area contributed by atoms with Gasteiger partial charge in [0.05, 0.1) is 14.2 Å². The van der Waals surface area contributed by atoms with Crippen molar-refractivity contribution in [3.8, 4) is 22.6 Å².